The normalized spacial score (nSPS) is 16.6. The maximum Gasteiger partial charge on any atom is 0.321 e. The van der Waals surface area contributed by atoms with E-state index in [1.807, 2.05) is 6.92 Å². The van der Waals surface area contributed by atoms with Crippen LogP contribution in [0.5, 0.6) is 0 Å². The molecule has 0 spiro atoms. The smallest absolute Gasteiger partial charge is 0.321 e. The zero-order valence-electron chi connectivity index (χ0n) is 11.6. The number of nitrogens with zero attached hydrogens (tertiary/aromatic N) is 1. The number of rotatable bonds is 3. The third-order valence-electron chi connectivity index (χ3n) is 3.61. The van der Waals surface area contributed by atoms with Crippen molar-refractivity contribution in [1.82, 2.24) is 10.3 Å². The van der Waals surface area contributed by atoms with Crippen molar-refractivity contribution in [3.05, 3.63) is 46.2 Å². The zero-order chi connectivity index (χ0) is 14.8. The average Bonchev–Trinajstić information content (AvgIpc) is 3.06. The average molecular weight is 305 g/mol. The van der Waals surface area contributed by atoms with Gasteiger partial charge in [-0.2, -0.15) is 0 Å². The van der Waals surface area contributed by atoms with Gasteiger partial charge in [-0.05, 0) is 42.5 Å². The summed E-state index contributed by atoms with van der Waals surface area (Å²) in [5.74, 6) is -0.228. The molecule has 1 unspecified atom stereocenters. The fourth-order valence-corrected chi connectivity index (χ4v) is 3.30. The molecule has 1 atom stereocenters. The summed E-state index contributed by atoms with van der Waals surface area (Å²) in [7, 11) is 0. The predicted molar refractivity (Wildman–Crippen MR) is 81.1 cm³/mol. The third kappa shape index (κ3) is 3.05. The van der Waals surface area contributed by atoms with Gasteiger partial charge in [0.05, 0.1) is 6.04 Å². The third-order valence-corrected chi connectivity index (χ3v) is 4.67. The summed E-state index contributed by atoms with van der Waals surface area (Å²) in [5.41, 5.74) is 1.97. The Hall–Kier alpha value is -1.95. The van der Waals surface area contributed by atoms with Crippen LogP contribution in [-0.2, 0) is 12.8 Å². The highest BCUT2D eigenvalue weighted by molar-refractivity contribution is 7.15. The SMILES string of the molecule is CCc1cnc(NC(=O)NC2CCc3cc(F)ccc32)s1. The number of nitrogens with one attached hydrogen (secondary N) is 2. The van der Waals surface area contributed by atoms with Crippen LogP contribution in [0, 0.1) is 5.82 Å². The van der Waals surface area contributed by atoms with Crippen LogP contribution in [0.15, 0.2) is 24.4 Å². The van der Waals surface area contributed by atoms with Crippen molar-refractivity contribution in [3.63, 3.8) is 0 Å². The van der Waals surface area contributed by atoms with Gasteiger partial charge in [0.2, 0.25) is 0 Å². The van der Waals surface area contributed by atoms with E-state index in [9.17, 15) is 9.18 Å². The van der Waals surface area contributed by atoms with Gasteiger partial charge in [-0.15, -0.1) is 11.3 Å². The van der Waals surface area contributed by atoms with Crippen LogP contribution in [0.4, 0.5) is 14.3 Å². The number of halogens is 1. The topological polar surface area (TPSA) is 54.0 Å². The Balaban J connectivity index is 1.64. The van der Waals surface area contributed by atoms with Gasteiger partial charge in [0.15, 0.2) is 5.13 Å². The molecule has 0 radical (unpaired) electrons. The van der Waals surface area contributed by atoms with E-state index in [1.165, 1.54) is 17.4 Å². The molecular weight excluding hydrogens is 289 g/mol. The van der Waals surface area contributed by atoms with E-state index in [1.54, 1.807) is 18.3 Å². The molecule has 1 aromatic heterocycles. The van der Waals surface area contributed by atoms with E-state index in [4.69, 9.17) is 0 Å². The van der Waals surface area contributed by atoms with Crippen LogP contribution < -0.4 is 10.6 Å². The van der Waals surface area contributed by atoms with Crippen LogP contribution in [-0.4, -0.2) is 11.0 Å². The van der Waals surface area contributed by atoms with E-state index < -0.39 is 0 Å². The van der Waals surface area contributed by atoms with Gasteiger partial charge >= 0.3 is 6.03 Å². The second-order valence-electron chi connectivity index (χ2n) is 5.02. The Labute approximate surface area is 126 Å². The molecule has 110 valence electrons. The van der Waals surface area contributed by atoms with E-state index in [0.717, 1.165) is 35.3 Å². The van der Waals surface area contributed by atoms with Crippen molar-refractivity contribution in [3.8, 4) is 0 Å². The summed E-state index contributed by atoms with van der Waals surface area (Å²) in [6, 6.07) is 4.40. The Bertz CT molecular complexity index is 671. The lowest BCUT2D eigenvalue weighted by molar-refractivity contribution is 0.248. The molecule has 21 heavy (non-hydrogen) atoms. The standard InChI is InChI=1S/C15H16FN3OS/c1-2-11-8-17-15(21-11)19-14(20)18-13-6-3-9-7-10(16)4-5-12(9)13/h4-5,7-8,13H,2-3,6H2,1H3,(H2,17,18,19,20). The summed E-state index contributed by atoms with van der Waals surface area (Å²) in [6.45, 7) is 2.05. The molecule has 0 saturated heterocycles. The van der Waals surface area contributed by atoms with Crippen molar-refractivity contribution in [2.75, 3.05) is 5.32 Å². The minimum Gasteiger partial charge on any atom is -0.331 e. The van der Waals surface area contributed by atoms with Crippen molar-refractivity contribution in [1.29, 1.82) is 0 Å². The number of carbonyl (C=O) groups is 1. The van der Waals surface area contributed by atoms with Gasteiger partial charge in [0.25, 0.3) is 0 Å². The molecule has 1 heterocycles. The monoisotopic (exact) mass is 305 g/mol. The van der Waals surface area contributed by atoms with Gasteiger partial charge in [0.1, 0.15) is 5.82 Å². The fraction of sp³-hybridized carbons (Fsp3) is 0.333. The highest BCUT2D eigenvalue weighted by Gasteiger charge is 2.24. The number of amides is 2. The summed E-state index contributed by atoms with van der Waals surface area (Å²) in [5, 5.41) is 6.27. The number of aryl methyl sites for hydroxylation is 2. The van der Waals surface area contributed by atoms with Crippen LogP contribution in [0.1, 0.15) is 35.4 Å². The molecule has 1 aliphatic carbocycles. The second-order valence-corrected chi connectivity index (χ2v) is 6.13. The first-order valence-electron chi connectivity index (χ1n) is 6.96. The molecule has 6 heteroatoms. The zero-order valence-corrected chi connectivity index (χ0v) is 12.5. The molecule has 1 aliphatic rings. The minimum atomic E-state index is -0.269. The Morgan fingerprint density at radius 3 is 3.14 bits per heavy atom. The highest BCUT2D eigenvalue weighted by atomic mass is 32.1. The highest BCUT2D eigenvalue weighted by Crippen LogP contribution is 2.31. The Morgan fingerprint density at radius 2 is 2.38 bits per heavy atom. The number of hydrogen-bond donors (Lipinski definition) is 2. The van der Waals surface area contributed by atoms with E-state index in [0.29, 0.717) is 5.13 Å². The maximum atomic E-state index is 13.2. The van der Waals surface area contributed by atoms with Crippen molar-refractivity contribution in [2.24, 2.45) is 0 Å². The van der Waals surface area contributed by atoms with E-state index in [-0.39, 0.29) is 17.9 Å². The first-order valence-corrected chi connectivity index (χ1v) is 7.78. The first kappa shape index (κ1) is 14.0. The molecule has 0 aliphatic heterocycles. The Morgan fingerprint density at radius 1 is 1.52 bits per heavy atom. The summed E-state index contributed by atoms with van der Waals surface area (Å²) in [6.07, 6.45) is 4.26. The number of urea groups is 1. The molecule has 3 rings (SSSR count). The number of aromatic nitrogens is 1. The second kappa shape index (κ2) is 5.81. The first-order chi connectivity index (χ1) is 10.2. The van der Waals surface area contributed by atoms with Gasteiger partial charge in [-0.3, -0.25) is 5.32 Å². The number of benzene rings is 1. The lowest BCUT2D eigenvalue weighted by Crippen LogP contribution is -2.31. The molecule has 0 fully saturated rings. The van der Waals surface area contributed by atoms with Crippen LogP contribution in [0.25, 0.3) is 0 Å². The number of fused-ring (bicyclic) bond motifs is 1. The molecule has 2 aromatic rings. The molecule has 1 aromatic carbocycles. The molecule has 0 saturated carbocycles. The summed E-state index contributed by atoms with van der Waals surface area (Å²) in [4.78, 5) is 17.3. The number of hydrogen-bond acceptors (Lipinski definition) is 3. The van der Waals surface area contributed by atoms with Crippen molar-refractivity contribution in [2.45, 2.75) is 32.2 Å². The lowest BCUT2D eigenvalue weighted by Gasteiger charge is -2.14. The predicted octanol–water partition coefficient (Wildman–Crippen LogP) is 3.65. The lowest BCUT2D eigenvalue weighted by atomic mass is 10.1. The number of carbonyl (C=O) groups excluding carboxylic acids is 1. The molecule has 4 nitrogen and oxygen atoms in total. The van der Waals surface area contributed by atoms with Gasteiger partial charge in [-0.1, -0.05) is 13.0 Å². The van der Waals surface area contributed by atoms with Gasteiger partial charge in [-0.25, -0.2) is 14.2 Å². The molecule has 2 N–H and O–H groups in total. The van der Waals surface area contributed by atoms with Crippen LogP contribution in [0.3, 0.4) is 0 Å². The van der Waals surface area contributed by atoms with Crippen LogP contribution in [0.2, 0.25) is 0 Å². The molecular formula is C15H16FN3OS. The maximum absolute atomic E-state index is 13.2. The summed E-state index contributed by atoms with van der Waals surface area (Å²) >= 11 is 1.47. The summed E-state index contributed by atoms with van der Waals surface area (Å²) < 4.78 is 13.2. The van der Waals surface area contributed by atoms with Crippen LogP contribution >= 0.6 is 11.3 Å². The fourth-order valence-electron chi connectivity index (χ4n) is 2.56. The Kier molecular flexibility index (Phi) is 3.88. The molecule has 2 amide bonds. The van der Waals surface area contributed by atoms with E-state index >= 15 is 0 Å². The van der Waals surface area contributed by atoms with E-state index in [2.05, 4.69) is 15.6 Å². The quantitative estimate of drug-likeness (QED) is 0.909. The largest absolute Gasteiger partial charge is 0.331 e. The van der Waals surface area contributed by atoms with Crippen molar-refractivity contribution >= 4 is 22.5 Å². The van der Waals surface area contributed by atoms with Crippen molar-refractivity contribution < 1.29 is 9.18 Å². The number of thiazole rings is 1. The molecule has 0 bridgehead atoms. The van der Waals surface area contributed by atoms with Gasteiger partial charge < -0.3 is 5.32 Å². The minimum absolute atomic E-state index is 0.0637. The number of anilines is 1. The van der Waals surface area contributed by atoms with Gasteiger partial charge in [0, 0.05) is 11.1 Å².